The molecule has 156 valence electrons. The third-order valence-corrected chi connectivity index (χ3v) is 6.93. The van der Waals surface area contributed by atoms with E-state index in [0.717, 1.165) is 16.3 Å². The van der Waals surface area contributed by atoms with Gasteiger partial charge in [0, 0.05) is 11.3 Å². The van der Waals surface area contributed by atoms with Crippen LogP contribution in [0.1, 0.15) is 33.3 Å². The molecule has 0 bridgehead atoms. The Hall–Kier alpha value is -1.14. The summed E-state index contributed by atoms with van der Waals surface area (Å²) >= 11 is 19.1. The highest BCUT2D eigenvalue weighted by Crippen LogP contribution is 2.52. The minimum absolute atomic E-state index is 0.274. The van der Waals surface area contributed by atoms with Crippen molar-refractivity contribution in [2.75, 3.05) is 0 Å². The maximum Gasteiger partial charge on any atom is 0.276 e. The summed E-state index contributed by atoms with van der Waals surface area (Å²) in [5.74, 6) is -0.972. The lowest BCUT2D eigenvalue weighted by Gasteiger charge is -2.36. The van der Waals surface area contributed by atoms with Crippen LogP contribution in [0.2, 0.25) is 0 Å². The first-order valence-electron chi connectivity index (χ1n) is 9.19. The standard InChI is InChI=1S/C21H23Cl3N2O2S/c1-19(2)16(26(20(3,4)29-19)18(28)21(22,23)24)17(27)25-12-13-9-10-14-7-5-6-8-15(14)11-13/h5-11,16H,12H2,1-4H3,(H,25,27). The van der Waals surface area contributed by atoms with Crippen molar-refractivity contribution in [2.45, 2.75) is 53.7 Å². The first-order chi connectivity index (χ1) is 13.3. The molecular weight excluding hydrogens is 451 g/mol. The highest BCUT2D eigenvalue weighted by molar-refractivity contribution is 8.02. The van der Waals surface area contributed by atoms with Crippen molar-refractivity contribution in [3.63, 3.8) is 0 Å². The number of rotatable bonds is 3. The van der Waals surface area contributed by atoms with Crippen molar-refractivity contribution >= 4 is 69.2 Å². The lowest BCUT2D eigenvalue weighted by atomic mass is 9.99. The number of amides is 2. The molecule has 29 heavy (non-hydrogen) atoms. The molecule has 8 heteroatoms. The number of carbonyl (C=O) groups is 2. The van der Waals surface area contributed by atoms with E-state index in [1.807, 2.05) is 70.2 Å². The summed E-state index contributed by atoms with van der Waals surface area (Å²) in [4.78, 5) is 26.7. The SMILES string of the molecule is CC1(C)SC(C)(C)N(C(=O)C(Cl)(Cl)Cl)C1C(=O)NCc1ccc2ccccc2c1. The number of alkyl halides is 3. The van der Waals surface area contributed by atoms with Crippen molar-refractivity contribution in [3.05, 3.63) is 48.0 Å². The molecule has 0 spiro atoms. The number of hydrogen-bond donors (Lipinski definition) is 1. The maximum atomic E-state index is 13.2. The highest BCUT2D eigenvalue weighted by atomic mass is 35.6. The first kappa shape index (κ1) is 22.5. The van der Waals surface area contributed by atoms with Crippen LogP contribution in [-0.2, 0) is 16.1 Å². The van der Waals surface area contributed by atoms with Gasteiger partial charge in [-0.2, -0.15) is 0 Å². The largest absolute Gasteiger partial charge is 0.350 e. The topological polar surface area (TPSA) is 49.4 Å². The molecule has 1 aliphatic heterocycles. The van der Waals surface area contributed by atoms with Crippen LogP contribution in [0.3, 0.4) is 0 Å². The quantitative estimate of drug-likeness (QED) is 0.617. The van der Waals surface area contributed by atoms with Crippen LogP contribution in [0.5, 0.6) is 0 Å². The summed E-state index contributed by atoms with van der Waals surface area (Å²) < 4.78 is -2.68. The van der Waals surface area contributed by atoms with Gasteiger partial charge in [-0.15, -0.1) is 11.8 Å². The summed E-state index contributed by atoms with van der Waals surface area (Å²) in [6.07, 6.45) is 0. The molecule has 1 heterocycles. The second-order valence-electron chi connectivity index (χ2n) is 8.13. The number of nitrogens with one attached hydrogen (secondary N) is 1. The van der Waals surface area contributed by atoms with Crippen LogP contribution in [0, 0.1) is 0 Å². The molecule has 0 radical (unpaired) electrons. The van der Waals surface area contributed by atoms with Gasteiger partial charge in [0.1, 0.15) is 6.04 Å². The number of fused-ring (bicyclic) bond motifs is 1. The van der Waals surface area contributed by atoms with E-state index >= 15 is 0 Å². The Labute approximate surface area is 190 Å². The summed E-state index contributed by atoms with van der Waals surface area (Å²) in [5, 5.41) is 5.20. The van der Waals surface area contributed by atoms with Gasteiger partial charge in [-0.25, -0.2) is 0 Å². The third-order valence-electron chi connectivity index (χ3n) is 5.00. The predicted molar refractivity (Wildman–Crippen MR) is 122 cm³/mol. The van der Waals surface area contributed by atoms with Gasteiger partial charge in [0.25, 0.3) is 9.70 Å². The van der Waals surface area contributed by atoms with Gasteiger partial charge in [0.05, 0.1) is 4.87 Å². The molecule has 1 fully saturated rings. The fourth-order valence-corrected chi connectivity index (χ4v) is 6.11. The minimum Gasteiger partial charge on any atom is -0.350 e. The zero-order valence-corrected chi connectivity index (χ0v) is 19.7. The number of thioether (sulfide) groups is 1. The Balaban J connectivity index is 1.83. The Morgan fingerprint density at radius 3 is 2.31 bits per heavy atom. The Morgan fingerprint density at radius 2 is 1.69 bits per heavy atom. The second kappa shape index (κ2) is 7.84. The average molecular weight is 474 g/mol. The van der Waals surface area contributed by atoms with Crippen molar-refractivity contribution in [1.29, 1.82) is 0 Å². The van der Waals surface area contributed by atoms with Crippen LogP contribution in [0.4, 0.5) is 0 Å². The molecule has 4 nitrogen and oxygen atoms in total. The van der Waals surface area contributed by atoms with Crippen LogP contribution in [0.15, 0.2) is 42.5 Å². The molecule has 1 aliphatic rings. The smallest absolute Gasteiger partial charge is 0.276 e. The van der Waals surface area contributed by atoms with E-state index in [0.29, 0.717) is 6.54 Å². The molecule has 2 aromatic rings. The normalized spacial score (nSPS) is 20.7. The van der Waals surface area contributed by atoms with E-state index in [4.69, 9.17) is 34.8 Å². The van der Waals surface area contributed by atoms with Crippen LogP contribution >= 0.6 is 46.6 Å². The predicted octanol–water partition coefficient (Wildman–Crippen LogP) is 5.28. The van der Waals surface area contributed by atoms with Crippen LogP contribution in [0.25, 0.3) is 10.8 Å². The van der Waals surface area contributed by atoms with E-state index in [9.17, 15) is 9.59 Å². The molecule has 2 aromatic carbocycles. The lowest BCUT2D eigenvalue weighted by molar-refractivity contribution is -0.142. The van der Waals surface area contributed by atoms with E-state index < -0.39 is 25.4 Å². The third kappa shape index (κ3) is 4.63. The van der Waals surface area contributed by atoms with Gasteiger partial charge in [-0.05, 0) is 50.1 Å². The van der Waals surface area contributed by atoms with Gasteiger partial charge in [-0.1, -0.05) is 71.2 Å². The number of benzene rings is 2. The van der Waals surface area contributed by atoms with Gasteiger partial charge in [-0.3, -0.25) is 9.59 Å². The van der Waals surface area contributed by atoms with Crippen LogP contribution < -0.4 is 5.32 Å². The monoisotopic (exact) mass is 472 g/mol. The Kier molecular flexibility index (Phi) is 6.10. The number of nitrogens with zero attached hydrogens (tertiary/aromatic N) is 1. The number of halogens is 3. The van der Waals surface area contributed by atoms with Gasteiger partial charge in [0.2, 0.25) is 5.91 Å². The zero-order valence-electron chi connectivity index (χ0n) is 16.6. The minimum atomic E-state index is -2.13. The summed E-state index contributed by atoms with van der Waals surface area (Å²) in [5.41, 5.74) is 0.971. The maximum absolute atomic E-state index is 13.2. The molecule has 1 N–H and O–H groups in total. The lowest BCUT2D eigenvalue weighted by Crippen LogP contribution is -2.58. The molecule has 0 aromatic heterocycles. The number of hydrogen-bond acceptors (Lipinski definition) is 3. The molecule has 0 aliphatic carbocycles. The van der Waals surface area contributed by atoms with Crippen molar-refractivity contribution in [2.24, 2.45) is 0 Å². The molecule has 1 saturated heterocycles. The molecule has 1 unspecified atom stereocenters. The Bertz CT molecular complexity index is 956. The first-order valence-corrected chi connectivity index (χ1v) is 11.1. The van der Waals surface area contributed by atoms with E-state index in [1.54, 1.807) is 0 Å². The molecule has 1 atom stereocenters. The summed E-state index contributed by atoms with van der Waals surface area (Å²) in [6.45, 7) is 7.89. The van der Waals surface area contributed by atoms with E-state index in [2.05, 4.69) is 5.32 Å². The highest BCUT2D eigenvalue weighted by Gasteiger charge is 2.59. The fraction of sp³-hybridized carbons (Fsp3) is 0.429. The average Bonchev–Trinajstić information content (AvgIpc) is 2.81. The molecule has 0 saturated carbocycles. The van der Waals surface area contributed by atoms with E-state index in [1.165, 1.54) is 16.7 Å². The van der Waals surface area contributed by atoms with Gasteiger partial charge >= 0.3 is 0 Å². The van der Waals surface area contributed by atoms with Crippen molar-refractivity contribution in [3.8, 4) is 0 Å². The zero-order chi connectivity index (χ0) is 21.6. The Morgan fingerprint density at radius 1 is 1.07 bits per heavy atom. The molecule has 2 amide bonds. The van der Waals surface area contributed by atoms with Crippen LogP contribution in [-0.4, -0.2) is 36.2 Å². The van der Waals surface area contributed by atoms with Crippen molar-refractivity contribution in [1.82, 2.24) is 10.2 Å². The van der Waals surface area contributed by atoms with E-state index in [-0.39, 0.29) is 5.91 Å². The molecule has 3 rings (SSSR count). The number of carbonyl (C=O) groups excluding carboxylic acids is 2. The fourth-order valence-electron chi connectivity index (χ4n) is 3.94. The van der Waals surface area contributed by atoms with Crippen molar-refractivity contribution < 1.29 is 9.59 Å². The second-order valence-corrected chi connectivity index (χ2v) is 12.7. The van der Waals surface area contributed by atoms with Gasteiger partial charge in [0.15, 0.2) is 0 Å². The summed E-state index contributed by atoms with van der Waals surface area (Å²) in [7, 11) is 0. The summed E-state index contributed by atoms with van der Waals surface area (Å²) in [6, 6.07) is 13.3. The van der Waals surface area contributed by atoms with Gasteiger partial charge < -0.3 is 10.2 Å². The molecular formula is C21H23Cl3N2O2S.